The molecular formula is C17H21NO. The minimum Gasteiger partial charge on any atom is -0.494 e. The van der Waals surface area contributed by atoms with Crippen molar-refractivity contribution in [2.24, 2.45) is 5.73 Å². The van der Waals surface area contributed by atoms with Crippen molar-refractivity contribution in [1.82, 2.24) is 0 Å². The summed E-state index contributed by atoms with van der Waals surface area (Å²) in [7, 11) is 0. The highest BCUT2D eigenvalue weighted by atomic mass is 16.5. The Morgan fingerprint density at radius 3 is 2.32 bits per heavy atom. The summed E-state index contributed by atoms with van der Waals surface area (Å²) >= 11 is 0. The molecule has 0 spiro atoms. The van der Waals surface area contributed by atoms with E-state index < -0.39 is 0 Å². The average Bonchev–Trinajstić information content (AvgIpc) is 2.47. The SMILES string of the molecule is CCOc1ccccc1C(N)c1ccc(CC)cc1. The molecule has 0 aromatic heterocycles. The van der Waals surface area contributed by atoms with Gasteiger partial charge in [-0.2, -0.15) is 0 Å². The second kappa shape index (κ2) is 6.39. The van der Waals surface area contributed by atoms with Gasteiger partial charge in [-0.05, 0) is 30.5 Å². The van der Waals surface area contributed by atoms with Gasteiger partial charge in [-0.3, -0.25) is 0 Å². The summed E-state index contributed by atoms with van der Waals surface area (Å²) in [6.45, 7) is 4.79. The maximum Gasteiger partial charge on any atom is 0.124 e. The van der Waals surface area contributed by atoms with Crippen molar-refractivity contribution in [3.05, 3.63) is 65.2 Å². The zero-order chi connectivity index (χ0) is 13.7. The van der Waals surface area contributed by atoms with E-state index in [0.717, 1.165) is 23.3 Å². The Labute approximate surface area is 115 Å². The minimum atomic E-state index is -0.145. The molecule has 2 aromatic carbocycles. The van der Waals surface area contributed by atoms with Gasteiger partial charge in [0.1, 0.15) is 5.75 Å². The molecule has 0 heterocycles. The number of ether oxygens (including phenoxy) is 1. The number of aryl methyl sites for hydroxylation is 1. The number of nitrogens with two attached hydrogens (primary N) is 1. The lowest BCUT2D eigenvalue weighted by atomic mass is 9.97. The third-order valence-corrected chi connectivity index (χ3v) is 3.30. The number of hydrogen-bond donors (Lipinski definition) is 1. The third-order valence-electron chi connectivity index (χ3n) is 3.30. The van der Waals surface area contributed by atoms with Crippen LogP contribution >= 0.6 is 0 Å². The van der Waals surface area contributed by atoms with Gasteiger partial charge in [-0.1, -0.05) is 49.4 Å². The Bertz CT molecular complexity index is 519. The average molecular weight is 255 g/mol. The summed E-state index contributed by atoms with van der Waals surface area (Å²) in [5.41, 5.74) is 9.84. The van der Waals surface area contributed by atoms with E-state index >= 15 is 0 Å². The van der Waals surface area contributed by atoms with Crippen molar-refractivity contribution in [3.63, 3.8) is 0 Å². The van der Waals surface area contributed by atoms with E-state index in [1.807, 2.05) is 31.2 Å². The first-order valence-electron chi connectivity index (χ1n) is 6.82. The Morgan fingerprint density at radius 1 is 1.00 bits per heavy atom. The molecular weight excluding hydrogens is 234 g/mol. The monoisotopic (exact) mass is 255 g/mol. The van der Waals surface area contributed by atoms with E-state index in [9.17, 15) is 0 Å². The quantitative estimate of drug-likeness (QED) is 0.884. The first-order chi connectivity index (χ1) is 9.26. The summed E-state index contributed by atoms with van der Waals surface area (Å²) in [5, 5.41) is 0. The molecule has 0 saturated heterocycles. The van der Waals surface area contributed by atoms with Crippen molar-refractivity contribution in [3.8, 4) is 5.75 Å². The van der Waals surface area contributed by atoms with Crippen LogP contribution in [-0.4, -0.2) is 6.61 Å². The topological polar surface area (TPSA) is 35.2 Å². The van der Waals surface area contributed by atoms with Gasteiger partial charge in [-0.15, -0.1) is 0 Å². The lowest BCUT2D eigenvalue weighted by molar-refractivity contribution is 0.335. The van der Waals surface area contributed by atoms with Crippen LogP contribution < -0.4 is 10.5 Å². The molecule has 0 radical (unpaired) electrons. The van der Waals surface area contributed by atoms with E-state index in [-0.39, 0.29) is 6.04 Å². The molecule has 2 N–H and O–H groups in total. The lowest BCUT2D eigenvalue weighted by Crippen LogP contribution is -2.13. The van der Waals surface area contributed by atoms with Crippen LogP contribution in [0.1, 0.15) is 36.6 Å². The van der Waals surface area contributed by atoms with Crippen LogP contribution in [0.25, 0.3) is 0 Å². The fourth-order valence-electron chi connectivity index (χ4n) is 2.16. The summed E-state index contributed by atoms with van der Waals surface area (Å²) in [6.07, 6.45) is 1.05. The molecule has 0 bridgehead atoms. The first-order valence-corrected chi connectivity index (χ1v) is 6.82. The highest BCUT2D eigenvalue weighted by Crippen LogP contribution is 2.28. The van der Waals surface area contributed by atoms with Crippen molar-refractivity contribution in [1.29, 1.82) is 0 Å². The highest BCUT2D eigenvalue weighted by molar-refractivity contribution is 5.41. The van der Waals surface area contributed by atoms with Crippen molar-refractivity contribution < 1.29 is 4.74 Å². The van der Waals surface area contributed by atoms with Crippen LogP contribution in [-0.2, 0) is 6.42 Å². The molecule has 19 heavy (non-hydrogen) atoms. The standard InChI is InChI=1S/C17H21NO/c1-3-13-9-11-14(12-10-13)17(18)15-7-5-6-8-16(15)19-4-2/h5-12,17H,3-4,18H2,1-2H3. The fraction of sp³-hybridized carbons (Fsp3) is 0.294. The molecule has 0 fully saturated rings. The smallest absolute Gasteiger partial charge is 0.124 e. The molecule has 0 aliphatic carbocycles. The van der Waals surface area contributed by atoms with Crippen LogP contribution in [0.5, 0.6) is 5.75 Å². The predicted molar refractivity (Wildman–Crippen MR) is 79.5 cm³/mol. The molecule has 0 aliphatic heterocycles. The number of rotatable bonds is 5. The molecule has 2 rings (SSSR count). The van der Waals surface area contributed by atoms with Crippen molar-refractivity contribution in [2.75, 3.05) is 6.61 Å². The third kappa shape index (κ3) is 3.15. The van der Waals surface area contributed by atoms with Gasteiger partial charge in [-0.25, -0.2) is 0 Å². The molecule has 1 unspecified atom stereocenters. The van der Waals surface area contributed by atoms with E-state index in [1.165, 1.54) is 5.56 Å². The summed E-state index contributed by atoms with van der Waals surface area (Å²) in [6, 6.07) is 16.3. The molecule has 2 nitrogen and oxygen atoms in total. The van der Waals surface area contributed by atoms with Gasteiger partial charge in [0.2, 0.25) is 0 Å². The summed E-state index contributed by atoms with van der Waals surface area (Å²) in [5.74, 6) is 0.872. The van der Waals surface area contributed by atoms with Gasteiger partial charge < -0.3 is 10.5 Å². The number of para-hydroxylation sites is 1. The zero-order valence-corrected chi connectivity index (χ0v) is 11.6. The number of benzene rings is 2. The number of hydrogen-bond acceptors (Lipinski definition) is 2. The normalized spacial score (nSPS) is 12.2. The molecule has 0 aliphatic rings. The van der Waals surface area contributed by atoms with Crippen LogP contribution in [0.2, 0.25) is 0 Å². The second-order valence-corrected chi connectivity index (χ2v) is 4.54. The maximum atomic E-state index is 6.36. The lowest BCUT2D eigenvalue weighted by Gasteiger charge is -2.17. The van der Waals surface area contributed by atoms with Gasteiger partial charge in [0.25, 0.3) is 0 Å². The molecule has 0 amide bonds. The molecule has 2 aromatic rings. The van der Waals surface area contributed by atoms with E-state index in [4.69, 9.17) is 10.5 Å². The van der Waals surface area contributed by atoms with Crippen LogP contribution in [0, 0.1) is 0 Å². The predicted octanol–water partition coefficient (Wildman–Crippen LogP) is 3.70. The zero-order valence-electron chi connectivity index (χ0n) is 11.6. The largest absolute Gasteiger partial charge is 0.494 e. The van der Waals surface area contributed by atoms with Crippen LogP contribution in [0.4, 0.5) is 0 Å². The van der Waals surface area contributed by atoms with E-state index in [2.05, 4.69) is 31.2 Å². The first kappa shape index (κ1) is 13.6. The Morgan fingerprint density at radius 2 is 1.68 bits per heavy atom. The maximum absolute atomic E-state index is 6.36. The van der Waals surface area contributed by atoms with Gasteiger partial charge in [0.15, 0.2) is 0 Å². The van der Waals surface area contributed by atoms with Crippen molar-refractivity contribution >= 4 is 0 Å². The van der Waals surface area contributed by atoms with Crippen molar-refractivity contribution in [2.45, 2.75) is 26.3 Å². The van der Waals surface area contributed by atoms with E-state index in [1.54, 1.807) is 0 Å². The van der Waals surface area contributed by atoms with Gasteiger partial charge in [0, 0.05) is 5.56 Å². The Hall–Kier alpha value is -1.80. The summed E-state index contributed by atoms with van der Waals surface area (Å²) in [4.78, 5) is 0. The summed E-state index contributed by atoms with van der Waals surface area (Å²) < 4.78 is 5.64. The van der Waals surface area contributed by atoms with Gasteiger partial charge in [0.05, 0.1) is 12.6 Å². The van der Waals surface area contributed by atoms with E-state index in [0.29, 0.717) is 6.61 Å². The Balaban J connectivity index is 2.29. The molecule has 1 atom stereocenters. The van der Waals surface area contributed by atoms with Crippen LogP contribution in [0.15, 0.2) is 48.5 Å². The molecule has 0 saturated carbocycles. The fourth-order valence-corrected chi connectivity index (χ4v) is 2.16. The Kier molecular flexibility index (Phi) is 4.58. The molecule has 2 heteroatoms. The molecule has 100 valence electrons. The van der Waals surface area contributed by atoms with Gasteiger partial charge >= 0.3 is 0 Å². The second-order valence-electron chi connectivity index (χ2n) is 4.54. The minimum absolute atomic E-state index is 0.145. The van der Waals surface area contributed by atoms with Crippen LogP contribution in [0.3, 0.4) is 0 Å². The highest BCUT2D eigenvalue weighted by Gasteiger charge is 2.13.